The molecule has 1 aromatic rings. The van der Waals surface area contributed by atoms with Crippen LogP contribution in [0, 0.1) is 5.41 Å². The molecule has 2 fully saturated rings. The lowest BCUT2D eigenvalue weighted by Gasteiger charge is -2.38. The van der Waals surface area contributed by atoms with Crippen molar-refractivity contribution in [2.24, 2.45) is 10.4 Å². The minimum absolute atomic E-state index is 0.343. The van der Waals surface area contributed by atoms with E-state index in [1.54, 1.807) is 7.11 Å². The van der Waals surface area contributed by atoms with E-state index in [0.717, 1.165) is 31.3 Å². The molecule has 132 valence electrons. The molecule has 0 radical (unpaired) electrons. The number of nitrogens with zero attached hydrogens (tertiary/aromatic N) is 2. The molecule has 1 unspecified atom stereocenters. The molecule has 1 heterocycles. The third-order valence-corrected chi connectivity index (χ3v) is 5.67. The molecule has 1 atom stereocenters. The lowest BCUT2D eigenvalue weighted by atomic mass is 9.68. The maximum Gasteiger partial charge on any atom is 0.193 e. The van der Waals surface area contributed by atoms with Gasteiger partial charge >= 0.3 is 0 Å². The number of para-hydroxylation sites is 1. The molecule has 24 heavy (non-hydrogen) atoms. The van der Waals surface area contributed by atoms with Crippen LogP contribution in [0.15, 0.2) is 29.3 Å². The predicted octanol–water partition coefficient (Wildman–Crippen LogP) is 3.64. The highest BCUT2D eigenvalue weighted by Crippen LogP contribution is 2.47. The molecule has 4 nitrogen and oxygen atoms in total. The highest BCUT2D eigenvalue weighted by molar-refractivity contribution is 5.80. The third-order valence-electron chi connectivity index (χ3n) is 5.67. The van der Waals surface area contributed by atoms with E-state index >= 15 is 0 Å². The van der Waals surface area contributed by atoms with Gasteiger partial charge in [0.1, 0.15) is 5.75 Å². The maximum absolute atomic E-state index is 5.50. The zero-order valence-electron chi connectivity index (χ0n) is 15.3. The van der Waals surface area contributed by atoms with Gasteiger partial charge in [-0.15, -0.1) is 0 Å². The second-order valence-corrected chi connectivity index (χ2v) is 7.36. The number of methoxy groups -OCH3 is 1. The zero-order chi connectivity index (χ0) is 17.0. The number of rotatable bonds is 5. The first kappa shape index (κ1) is 17.1. The first-order chi connectivity index (χ1) is 11.7. The van der Waals surface area contributed by atoms with Crippen molar-refractivity contribution >= 4 is 5.96 Å². The van der Waals surface area contributed by atoms with E-state index in [2.05, 4.69) is 36.2 Å². The van der Waals surface area contributed by atoms with Gasteiger partial charge in [-0.2, -0.15) is 0 Å². The fourth-order valence-electron chi connectivity index (χ4n) is 4.02. The van der Waals surface area contributed by atoms with Gasteiger partial charge in [0.15, 0.2) is 5.96 Å². The van der Waals surface area contributed by atoms with Crippen LogP contribution in [0.5, 0.6) is 5.75 Å². The van der Waals surface area contributed by atoms with Gasteiger partial charge in [0.2, 0.25) is 0 Å². The van der Waals surface area contributed by atoms with E-state index in [0.29, 0.717) is 11.3 Å². The molecule has 0 bridgehead atoms. The van der Waals surface area contributed by atoms with Crippen LogP contribution in [0.2, 0.25) is 0 Å². The highest BCUT2D eigenvalue weighted by Gasteiger charge is 2.43. The average Bonchev–Trinajstić information content (AvgIpc) is 3.04. The molecule has 1 aliphatic heterocycles. The Balaban J connectivity index is 1.67. The lowest BCUT2D eigenvalue weighted by molar-refractivity contribution is 0.151. The molecule has 1 saturated carbocycles. The largest absolute Gasteiger partial charge is 0.496 e. The van der Waals surface area contributed by atoms with E-state index in [9.17, 15) is 0 Å². The molecule has 1 aliphatic carbocycles. The Morgan fingerprint density at radius 1 is 1.33 bits per heavy atom. The first-order valence-corrected chi connectivity index (χ1v) is 9.33. The Labute approximate surface area is 146 Å². The summed E-state index contributed by atoms with van der Waals surface area (Å²) in [5, 5.41) is 3.49. The number of benzene rings is 1. The summed E-state index contributed by atoms with van der Waals surface area (Å²) in [6, 6.07) is 8.27. The van der Waals surface area contributed by atoms with E-state index in [1.165, 1.54) is 37.8 Å². The second kappa shape index (κ2) is 7.45. The molecular formula is C20H31N3O. The van der Waals surface area contributed by atoms with E-state index in [-0.39, 0.29) is 0 Å². The number of hydrogen-bond acceptors (Lipinski definition) is 2. The van der Waals surface area contributed by atoms with Crippen LogP contribution in [-0.2, 0) is 0 Å². The summed E-state index contributed by atoms with van der Waals surface area (Å²) in [6.45, 7) is 8.41. The topological polar surface area (TPSA) is 36.9 Å². The standard InChI is InChI=1S/C20H31N3O/c1-4-21-19(23-13-12-20(15-23)10-7-11-20)22-14-16(2)17-8-5-6-9-18(17)24-3/h5-6,8-9,16H,4,7,10-15H2,1-3H3,(H,21,22). The van der Waals surface area contributed by atoms with Crippen LogP contribution in [0.4, 0.5) is 0 Å². The van der Waals surface area contributed by atoms with Gasteiger partial charge in [-0.1, -0.05) is 31.5 Å². The van der Waals surface area contributed by atoms with Crippen molar-refractivity contribution in [3.05, 3.63) is 29.8 Å². The van der Waals surface area contributed by atoms with Crippen LogP contribution < -0.4 is 10.1 Å². The van der Waals surface area contributed by atoms with Crippen molar-refractivity contribution in [2.75, 3.05) is 33.3 Å². The van der Waals surface area contributed by atoms with Gasteiger partial charge in [-0.3, -0.25) is 4.99 Å². The summed E-state index contributed by atoms with van der Waals surface area (Å²) in [4.78, 5) is 7.42. The first-order valence-electron chi connectivity index (χ1n) is 9.33. The van der Waals surface area contributed by atoms with E-state index in [1.807, 2.05) is 12.1 Å². The molecule has 3 rings (SSSR count). The molecule has 1 N–H and O–H groups in total. The quantitative estimate of drug-likeness (QED) is 0.662. The monoisotopic (exact) mass is 329 g/mol. The normalized spacial score (nSPS) is 20.8. The van der Waals surface area contributed by atoms with E-state index in [4.69, 9.17) is 9.73 Å². The van der Waals surface area contributed by atoms with E-state index < -0.39 is 0 Å². The molecule has 1 aromatic carbocycles. The molecule has 0 aromatic heterocycles. The Morgan fingerprint density at radius 3 is 2.75 bits per heavy atom. The molecule has 1 saturated heterocycles. The minimum Gasteiger partial charge on any atom is -0.496 e. The Kier molecular flexibility index (Phi) is 5.32. The van der Waals surface area contributed by atoms with Crippen molar-refractivity contribution in [2.45, 2.75) is 45.4 Å². The van der Waals surface area contributed by atoms with Crippen molar-refractivity contribution < 1.29 is 4.74 Å². The fraction of sp³-hybridized carbons (Fsp3) is 0.650. The van der Waals surface area contributed by atoms with Gasteiger partial charge in [0.05, 0.1) is 7.11 Å². The highest BCUT2D eigenvalue weighted by atomic mass is 16.5. The Hall–Kier alpha value is -1.71. The summed E-state index contributed by atoms with van der Waals surface area (Å²) in [7, 11) is 1.74. The molecular weight excluding hydrogens is 298 g/mol. The molecule has 4 heteroatoms. The number of ether oxygens (including phenoxy) is 1. The number of nitrogens with one attached hydrogen (secondary N) is 1. The Bertz CT molecular complexity index is 580. The summed E-state index contributed by atoms with van der Waals surface area (Å²) in [6.07, 6.45) is 5.55. The molecule has 2 aliphatic rings. The molecule has 1 spiro atoms. The van der Waals surface area contributed by atoms with Crippen LogP contribution in [0.1, 0.15) is 51.0 Å². The SMILES string of the molecule is CCNC(=NCC(C)c1ccccc1OC)N1CCC2(CCC2)C1. The van der Waals surface area contributed by atoms with Crippen LogP contribution >= 0.6 is 0 Å². The Morgan fingerprint density at radius 2 is 2.12 bits per heavy atom. The van der Waals surface area contributed by atoms with Gasteiger partial charge in [0, 0.05) is 32.1 Å². The second-order valence-electron chi connectivity index (χ2n) is 7.36. The number of hydrogen-bond donors (Lipinski definition) is 1. The third kappa shape index (κ3) is 3.52. The minimum atomic E-state index is 0.343. The smallest absolute Gasteiger partial charge is 0.193 e. The number of likely N-dealkylation sites (tertiary alicyclic amines) is 1. The van der Waals surface area contributed by atoms with Gasteiger partial charge in [0.25, 0.3) is 0 Å². The van der Waals surface area contributed by atoms with Gasteiger partial charge < -0.3 is 15.0 Å². The summed E-state index contributed by atoms with van der Waals surface area (Å²) >= 11 is 0. The lowest BCUT2D eigenvalue weighted by Crippen LogP contribution is -2.42. The van der Waals surface area contributed by atoms with Crippen LogP contribution in [-0.4, -0.2) is 44.1 Å². The summed E-state index contributed by atoms with van der Waals surface area (Å²) in [5.74, 6) is 2.39. The zero-order valence-corrected chi connectivity index (χ0v) is 15.3. The predicted molar refractivity (Wildman–Crippen MR) is 99.9 cm³/mol. The summed E-state index contributed by atoms with van der Waals surface area (Å²) < 4.78 is 5.50. The fourth-order valence-corrected chi connectivity index (χ4v) is 4.02. The van der Waals surface area contributed by atoms with Crippen LogP contribution in [0.25, 0.3) is 0 Å². The van der Waals surface area contributed by atoms with Crippen LogP contribution in [0.3, 0.4) is 0 Å². The molecule has 0 amide bonds. The van der Waals surface area contributed by atoms with Crippen molar-refractivity contribution in [3.8, 4) is 5.75 Å². The number of aliphatic imine (C=N–C) groups is 1. The number of guanidine groups is 1. The average molecular weight is 329 g/mol. The van der Waals surface area contributed by atoms with Gasteiger partial charge in [-0.25, -0.2) is 0 Å². The summed E-state index contributed by atoms with van der Waals surface area (Å²) in [5.41, 5.74) is 1.83. The van der Waals surface area contributed by atoms with Crippen molar-refractivity contribution in [1.29, 1.82) is 0 Å². The maximum atomic E-state index is 5.50. The van der Waals surface area contributed by atoms with Gasteiger partial charge in [-0.05, 0) is 43.2 Å². The van der Waals surface area contributed by atoms with Crippen molar-refractivity contribution in [1.82, 2.24) is 10.2 Å². The van der Waals surface area contributed by atoms with Crippen molar-refractivity contribution in [3.63, 3.8) is 0 Å².